The number of amidine groups is 1. The number of nitrogens with two attached hydrogens (primary N) is 1. The van der Waals surface area contributed by atoms with E-state index in [-0.39, 0.29) is 5.84 Å². The van der Waals surface area contributed by atoms with Crippen molar-refractivity contribution in [3.63, 3.8) is 0 Å². The van der Waals surface area contributed by atoms with E-state index >= 15 is 0 Å². The Hall–Kier alpha value is -1.82. The van der Waals surface area contributed by atoms with Gasteiger partial charge in [0, 0.05) is 25.3 Å². The van der Waals surface area contributed by atoms with Crippen LogP contribution in [-0.4, -0.2) is 54.2 Å². The van der Waals surface area contributed by atoms with Crippen molar-refractivity contribution in [2.75, 3.05) is 32.1 Å². The molecule has 6 nitrogen and oxygen atoms in total. The summed E-state index contributed by atoms with van der Waals surface area (Å²) in [4.78, 5) is 8.85. The number of oxime groups is 1. The topological polar surface area (TPSA) is 78.0 Å². The van der Waals surface area contributed by atoms with Crippen LogP contribution in [0.1, 0.15) is 18.4 Å². The molecule has 0 aliphatic carbocycles. The van der Waals surface area contributed by atoms with Gasteiger partial charge in [0.2, 0.25) is 0 Å². The van der Waals surface area contributed by atoms with E-state index in [1.54, 1.807) is 12.3 Å². The van der Waals surface area contributed by atoms with E-state index in [9.17, 15) is 0 Å². The molecular weight excluding hydrogens is 242 g/mol. The molecule has 19 heavy (non-hydrogen) atoms. The number of nitrogens with zero attached hydrogens (tertiary/aromatic N) is 4. The summed E-state index contributed by atoms with van der Waals surface area (Å²) in [6.07, 6.45) is 3.93. The first-order valence-corrected chi connectivity index (χ1v) is 6.47. The van der Waals surface area contributed by atoms with Crippen molar-refractivity contribution in [2.45, 2.75) is 18.9 Å². The lowest BCUT2D eigenvalue weighted by Crippen LogP contribution is -2.43. The van der Waals surface area contributed by atoms with Gasteiger partial charge in [-0.15, -0.1) is 0 Å². The van der Waals surface area contributed by atoms with Gasteiger partial charge in [-0.05, 0) is 39.1 Å². The molecule has 2 rings (SSSR count). The molecule has 0 saturated carbocycles. The molecule has 0 radical (unpaired) electrons. The molecule has 1 aliphatic rings. The average molecular weight is 263 g/mol. The third-order valence-corrected chi connectivity index (χ3v) is 3.66. The van der Waals surface area contributed by atoms with E-state index in [0.717, 1.165) is 31.7 Å². The highest BCUT2D eigenvalue weighted by atomic mass is 16.4. The van der Waals surface area contributed by atoms with E-state index < -0.39 is 0 Å². The Morgan fingerprint density at radius 3 is 2.74 bits per heavy atom. The molecule has 0 spiro atoms. The first-order chi connectivity index (χ1) is 9.13. The lowest BCUT2D eigenvalue weighted by Gasteiger charge is -2.36. The molecular formula is C13H21N5O. The van der Waals surface area contributed by atoms with Gasteiger partial charge in [-0.2, -0.15) is 0 Å². The van der Waals surface area contributed by atoms with Gasteiger partial charge >= 0.3 is 0 Å². The summed E-state index contributed by atoms with van der Waals surface area (Å²) in [5, 5.41) is 11.9. The first-order valence-electron chi connectivity index (χ1n) is 6.47. The van der Waals surface area contributed by atoms with Crippen LogP contribution in [0.4, 0.5) is 5.82 Å². The Bertz CT molecular complexity index is 452. The predicted octanol–water partition coefficient (Wildman–Crippen LogP) is 0.707. The molecule has 2 heterocycles. The highest BCUT2D eigenvalue weighted by Gasteiger charge is 2.23. The highest BCUT2D eigenvalue weighted by molar-refractivity contribution is 6.01. The highest BCUT2D eigenvalue weighted by Crippen LogP contribution is 2.22. The Balaban J connectivity index is 2.16. The third kappa shape index (κ3) is 2.96. The van der Waals surface area contributed by atoms with E-state index in [1.165, 1.54) is 0 Å². The molecule has 1 aliphatic heterocycles. The van der Waals surface area contributed by atoms with E-state index in [1.807, 2.05) is 6.07 Å². The summed E-state index contributed by atoms with van der Waals surface area (Å²) >= 11 is 0. The van der Waals surface area contributed by atoms with Crippen molar-refractivity contribution in [1.82, 2.24) is 9.88 Å². The van der Waals surface area contributed by atoms with Crippen molar-refractivity contribution in [3.8, 4) is 0 Å². The maximum absolute atomic E-state index is 8.84. The Labute approximate surface area is 113 Å². The average Bonchev–Trinajstić information content (AvgIpc) is 2.46. The molecule has 0 unspecified atom stereocenters. The summed E-state index contributed by atoms with van der Waals surface area (Å²) in [5.74, 6) is 0.910. The van der Waals surface area contributed by atoms with Crippen LogP contribution in [-0.2, 0) is 0 Å². The fraction of sp³-hybridized carbons (Fsp3) is 0.538. The van der Waals surface area contributed by atoms with Gasteiger partial charge in [0.1, 0.15) is 5.82 Å². The minimum absolute atomic E-state index is 0.109. The predicted molar refractivity (Wildman–Crippen MR) is 75.7 cm³/mol. The van der Waals surface area contributed by atoms with Gasteiger partial charge in [-0.1, -0.05) is 5.16 Å². The number of anilines is 1. The molecule has 1 saturated heterocycles. The Kier molecular flexibility index (Phi) is 4.21. The maximum Gasteiger partial charge on any atom is 0.173 e. The largest absolute Gasteiger partial charge is 0.409 e. The molecule has 0 atom stereocenters. The second-order valence-electron chi connectivity index (χ2n) is 5.04. The third-order valence-electron chi connectivity index (χ3n) is 3.66. The molecule has 0 bridgehead atoms. The molecule has 1 fully saturated rings. The SMILES string of the molecule is CN(C)C1CCN(c2ncccc2/C(N)=N/O)CC1. The summed E-state index contributed by atoms with van der Waals surface area (Å²) in [6, 6.07) is 4.24. The van der Waals surface area contributed by atoms with Gasteiger partial charge in [0.15, 0.2) is 5.84 Å². The van der Waals surface area contributed by atoms with Crippen LogP contribution < -0.4 is 10.6 Å². The standard InChI is InChI=1S/C13H21N5O/c1-17(2)10-5-8-18(9-6-10)13-11(12(14)16-19)4-3-7-15-13/h3-4,7,10,19H,5-6,8-9H2,1-2H3,(H2,14,16). The summed E-state index contributed by atoms with van der Waals surface area (Å²) in [5.41, 5.74) is 6.39. The molecule has 1 aromatic rings. The first kappa shape index (κ1) is 13.6. The van der Waals surface area contributed by atoms with Crippen LogP contribution in [0.25, 0.3) is 0 Å². The zero-order valence-electron chi connectivity index (χ0n) is 11.5. The number of rotatable bonds is 3. The number of hydrogen-bond acceptors (Lipinski definition) is 5. The molecule has 3 N–H and O–H groups in total. The Morgan fingerprint density at radius 1 is 1.47 bits per heavy atom. The van der Waals surface area contributed by atoms with Crippen LogP contribution in [0.5, 0.6) is 0 Å². The van der Waals surface area contributed by atoms with Crippen molar-refractivity contribution < 1.29 is 5.21 Å². The summed E-state index contributed by atoms with van der Waals surface area (Å²) in [7, 11) is 4.23. The molecule has 1 aromatic heterocycles. The lowest BCUT2D eigenvalue weighted by molar-refractivity contribution is 0.249. The second-order valence-corrected chi connectivity index (χ2v) is 5.04. The van der Waals surface area contributed by atoms with E-state index in [4.69, 9.17) is 10.9 Å². The van der Waals surface area contributed by atoms with Crippen LogP contribution in [0.2, 0.25) is 0 Å². The van der Waals surface area contributed by atoms with Crippen molar-refractivity contribution >= 4 is 11.7 Å². The molecule has 0 amide bonds. The number of hydrogen-bond donors (Lipinski definition) is 2. The van der Waals surface area contributed by atoms with Gasteiger partial charge in [0.25, 0.3) is 0 Å². The van der Waals surface area contributed by atoms with E-state index in [2.05, 4.69) is 34.0 Å². The minimum atomic E-state index is 0.109. The summed E-state index contributed by atoms with van der Waals surface area (Å²) in [6.45, 7) is 1.87. The molecule has 0 aromatic carbocycles. The summed E-state index contributed by atoms with van der Waals surface area (Å²) < 4.78 is 0. The molecule has 6 heteroatoms. The minimum Gasteiger partial charge on any atom is -0.409 e. The van der Waals surface area contributed by atoms with Gasteiger partial charge in [-0.25, -0.2) is 4.98 Å². The number of pyridine rings is 1. The Morgan fingerprint density at radius 2 is 2.16 bits per heavy atom. The van der Waals surface area contributed by atoms with Crippen LogP contribution in [0, 0.1) is 0 Å². The van der Waals surface area contributed by atoms with Gasteiger partial charge in [-0.3, -0.25) is 0 Å². The van der Waals surface area contributed by atoms with Gasteiger partial charge in [0.05, 0.1) is 5.56 Å². The van der Waals surface area contributed by atoms with Crippen molar-refractivity contribution in [1.29, 1.82) is 0 Å². The van der Waals surface area contributed by atoms with E-state index in [0.29, 0.717) is 11.6 Å². The number of aromatic nitrogens is 1. The monoisotopic (exact) mass is 263 g/mol. The quantitative estimate of drug-likeness (QED) is 0.363. The fourth-order valence-corrected chi connectivity index (χ4v) is 2.50. The number of piperidine rings is 1. The van der Waals surface area contributed by atoms with Crippen LogP contribution >= 0.6 is 0 Å². The van der Waals surface area contributed by atoms with Gasteiger partial charge < -0.3 is 20.7 Å². The smallest absolute Gasteiger partial charge is 0.173 e. The lowest BCUT2D eigenvalue weighted by atomic mass is 10.0. The zero-order valence-corrected chi connectivity index (χ0v) is 11.5. The van der Waals surface area contributed by atoms with Crippen molar-refractivity contribution in [3.05, 3.63) is 23.9 Å². The fourth-order valence-electron chi connectivity index (χ4n) is 2.50. The van der Waals surface area contributed by atoms with Crippen LogP contribution in [0.3, 0.4) is 0 Å². The normalized spacial score (nSPS) is 18.1. The zero-order chi connectivity index (χ0) is 13.8. The van der Waals surface area contributed by atoms with Crippen LogP contribution in [0.15, 0.2) is 23.5 Å². The molecule has 104 valence electrons. The maximum atomic E-state index is 8.84. The van der Waals surface area contributed by atoms with Crippen molar-refractivity contribution in [2.24, 2.45) is 10.9 Å². The second kappa shape index (κ2) is 5.88.